The molecule has 18 heavy (non-hydrogen) atoms. The van der Waals surface area contributed by atoms with E-state index in [1.165, 1.54) is 63.6 Å². The van der Waals surface area contributed by atoms with Gasteiger partial charge in [0.1, 0.15) is 0 Å². The zero-order valence-corrected chi connectivity index (χ0v) is 12.2. The van der Waals surface area contributed by atoms with Crippen LogP contribution in [0.4, 0.5) is 0 Å². The molecule has 0 bridgehead atoms. The molecule has 1 aliphatic heterocycles. The van der Waals surface area contributed by atoms with Gasteiger partial charge in [-0.05, 0) is 26.2 Å². The van der Waals surface area contributed by atoms with Crippen LogP contribution in [0.2, 0.25) is 0 Å². The molecule has 1 heterocycles. The van der Waals surface area contributed by atoms with E-state index in [2.05, 4.69) is 23.4 Å². The van der Waals surface area contributed by atoms with E-state index in [0.29, 0.717) is 0 Å². The Morgan fingerprint density at radius 1 is 1.11 bits per heavy atom. The number of hydrogen-bond acceptors (Lipinski definition) is 2. The van der Waals surface area contributed by atoms with E-state index >= 15 is 0 Å². The molecule has 0 aromatic rings. The average molecular weight is 250 g/mol. The lowest BCUT2D eigenvalue weighted by atomic mass is 10.1. The molecule has 2 nitrogen and oxygen atoms in total. The molecule has 0 amide bonds. The number of allylic oxidation sites excluding steroid dienone is 1. The fraction of sp³-hybridized carbons (Fsp3) is 0.812. The van der Waals surface area contributed by atoms with Crippen molar-refractivity contribution in [1.29, 1.82) is 0 Å². The number of amidine groups is 1. The van der Waals surface area contributed by atoms with Gasteiger partial charge in [-0.25, -0.2) is 0 Å². The maximum Gasteiger partial charge on any atom is 0.0990 e. The van der Waals surface area contributed by atoms with Crippen LogP contribution in [0, 0.1) is 0 Å². The normalized spacial score (nSPS) is 14.9. The first kappa shape index (κ1) is 15.3. The maximum atomic E-state index is 4.59. The number of aliphatic imine (C=N–C) groups is 1. The minimum atomic E-state index is 1.02. The van der Waals surface area contributed by atoms with Crippen molar-refractivity contribution in [3.8, 4) is 0 Å². The largest absolute Gasteiger partial charge is 0.359 e. The molecule has 1 rings (SSSR count). The summed E-state index contributed by atoms with van der Waals surface area (Å²) in [6, 6.07) is 0. The van der Waals surface area contributed by atoms with Gasteiger partial charge in [-0.2, -0.15) is 0 Å². The number of likely N-dealkylation sites (N-methyl/N-ethyl adjacent to an activating group) is 1. The second-order valence-electron chi connectivity index (χ2n) is 5.18. The molecule has 0 aromatic carbocycles. The highest BCUT2D eigenvalue weighted by molar-refractivity contribution is 5.83. The lowest BCUT2D eigenvalue weighted by Crippen LogP contribution is -2.27. The molecule has 104 valence electrons. The minimum absolute atomic E-state index is 1.02. The van der Waals surface area contributed by atoms with Crippen LogP contribution in [0.1, 0.15) is 64.7 Å². The minimum Gasteiger partial charge on any atom is -0.359 e. The third kappa shape index (κ3) is 6.23. The van der Waals surface area contributed by atoms with E-state index in [9.17, 15) is 0 Å². The Labute approximate surface area is 113 Å². The van der Waals surface area contributed by atoms with E-state index in [-0.39, 0.29) is 0 Å². The Kier molecular flexibility index (Phi) is 8.62. The standard InChI is InChI=1S/C16H30N2/c1-3-5-6-7-8-9-10-11-12-13-16-17-14-15-18(16)4-2/h3H,1,4-15H2,2H3. The van der Waals surface area contributed by atoms with Crippen LogP contribution in [0.3, 0.4) is 0 Å². The van der Waals surface area contributed by atoms with Crippen molar-refractivity contribution >= 4 is 5.84 Å². The highest BCUT2D eigenvalue weighted by Crippen LogP contribution is 2.12. The van der Waals surface area contributed by atoms with Gasteiger partial charge in [0.2, 0.25) is 0 Å². The quantitative estimate of drug-likeness (QED) is 0.391. The van der Waals surface area contributed by atoms with Gasteiger partial charge in [0.05, 0.1) is 12.4 Å². The topological polar surface area (TPSA) is 15.6 Å². The monoisotopic (exact) mass is 250 g/mol. The van der Waals surface area contributed by atoms with Gasteiger partial charge >= 0.3 is 0 Å². The van der Waals surface area contributed by atoms with Crippen molar-refractivity contribution < 1.29 is 0 Å². The lowest BCUT2D eigenvalue weighted by Gasteiger charge is -2.17. The molecule has 0 N–H and O–H groups in total. The summed E-state index contributed by atoms with van der Waals surface area (Å²) in [5.74, 6) is 1.36. The van der Waals surface area contributed by atoms with Gasteiger partial charge in [-0.1, -0.05) is 38.2 Å². The third-order valence-electron chi connectivity index (χ3n) is 3.72. The molecule has 0 spiro atoms. The number of nitrogens with zero attached hydrogens (tertiary/aromatic N) is 2. The van der Waals surface area contributed by atoms with Crippen LogP contribution < -0.4 is 0 Å². The second kappa shape index (κ2) is 10.2. The van der Waals surface area contributed by atoms with E-state index in [4.69, 9.17) is 0 Å². The molecule has 0 radical (unpaired) electrons. The summed E-state index contributed by atoms with van der Waals surface area (Å²) >= 11 is 0. The summed E-state index contributed by atoms with van der Waals surface area (Å²) in [6.07, 6.45) is 14.0. The zero-order valence-electron chi connectivity index (χ0n) is 12.2. The SMILES string of the molecule is C=CCCCCCCCCCC1=NCCN1CC. The summed E-state index contributed by atoms with van der Waals surface area (Å²) < 4.78 is 0. The molecule has 2 heteroatoms. The average Bonchev–Trinajstić information content (AvgIpc) is 2.84. The van der Waals surface area contributed by atoms with Crippen molar-refractivity contribution in [1.82, 2.24) is 4.90 Å². The van der Waals surface area contributed by atoms with Gasteiger partial charge in [-0.3, -0.25) is 4.99 Å². The van der Waals surface area contributed by atoms with E-state index in [1.54, 1.807) is 0 Å². The first-order valence-corrected chi connectivity index (χ1v) is 7.77. The summed E-state index contributed by atoms with van der Waals surface area (Å²) in [5, 5.41) is 0. The van der Waals surface area contributed by atoms with E-state index in [0.717, 1.165) is 19.6 Å². The second-order valence-corrected chi connectivity index (χ2v) is 5.18. The van der Waals surface area contributed by atoms with Crippen LogP contribution in [-0.4, -0.2) is 30.4 Å². The van der Waals surface area contributed by atoms with Gasteiger partial charge in [-0.15, -0.1) is 6.58 Å². The van der Waals surface area contributed by atoms with Crippen molar-refractivity contribution in [2.45, 2.75) is 64.7 Å². The Bertz CT molecular complexity index is 245. The molecule has 1 aliphatic rings. The highest BCUT2D eigenvalue weighted by atomic mass is 15.2. The number of hydrogen-bond donors (Lipinski definition) is 0. The molecule has 0 fully saturated rings. The third-order valence-corrected chi connectivity index (χ3v) is 3.72. The van der Waals surface area contributed by atoms with Gasteiger partial charge in [0, 0.05) is 19.5 Å². The Hall–Kier alpha value is -0.790. The molecule has 0 saturated heterocycles. The zero-order chi connectivity index (χ0) is 13.1. The van der Waals surface area contributed by atoms with Crippen molar-refractivity contribution in [2.24, 2.45) is 4.99 Å². The number of unbranched alkanes of at least 4 members (excludes halogenated alkanes) is 7. The summed E-state index contributed by atoms with van der Waals surface area (Å²) in [7, 11) is 0. The molecule has 0 saturated carbocycles. The Morgan fingerprint density at radius 2 is 1.78 bits per heavy atom. The van der Waals surface area contributed by atoms with Crippen LogP contribution in [0.15, 0.2) is 17.6 Å². The van der Waals surface area contributed by atoms with Gasteiger partial charge < -0.3 is 4.90 Å². The molecule has 0 unspecified atom stereocenters. The van der Waals surface area contributed by atoms with Crippen LogP contribution in [0.5, 0.6) is 0 Å². The smallest absolute Gasteiger partial charge is 0.0990 e. The van der Waals surface area contributed by atoms with Crippen molar-refractivity contribution in [3.63, 3.8) is 0 Å². The van der Waals surface area contributed by atoms with E-state index in [1.807, 2.05) is 6.08 Å². The highest BCUT2D eigenvalue weighted by Gasteiger charge is 2.13. The van der Waals surface area contributed by atoms with Gasteiger partial charge in [0.25, 0.3) is 0 Å². The van der Waals surface area contributed by atoms with Crippen molar-refractivity contribution in [3.05, 3.63) is 12.7 Å². The number of rotatable bonds is 11. The molecule has 0 aliphatic carbocycles. The predicted octanol–water partition coefficient (Wildman–Crippen LogP) is 4.42. The molecular weight excluding hydrogens is 220 g/mol. The first-order chi connectivity index (χ1) is 8.88. The van der Waals surface area contributed by atoms with E-state index < -0.39 is 0 Å². The van der Waals surface area contributed by atoms with Gasteiger partial charge in [0.15, 0.2) is 0 Å². The Morgan fingerprint density at radius 3 is 2.44 bits per heavy atom. The summed E-state index contributed by atoms with van der Waals surface area (Å²) in [5.41, 5.74) is 0. The summed E-state index contributed by atoms with van der Waals surface area (Å²) in [6.45, 7) is 9.28. The predicted molar refractivity (Wildman–Crippen MR) is 81.3 cm³/mol. The molecule has 0 aromatic heterocycles. The first-order valence-electron chi connectivity index (χ1n) is 7.77. The van der Waals surface area contributed by atoms with Crippen LogP contribution >= 0.6 is 0 Å². The van der Waals surface area contributed by atoms with Crippen LogP contribution in [0.25, 0.3) is 0 Å². The fourth-order valence-electron chi connectivity index (χ4n) is 2.56. The fourth-order valence-corrected chi connectivity index (χ4v) is 2.56. The maximum absolute atomic E-state index is 4.59. The lowest BCUT2D eigenvalue weighted by molar-refractivity contribution is 0.470. The molecule has 0 atom stereocenters. The summed E-state index contributed by atoms with van der Waals surface area (Å²) in [4.78, 5) is 7.01. The molecular formula is C16H30N2. The Balaban J connectivity index is 1.88. The van der Waals surface area contributed by atoms with Crippen LogP contribution in [-0.2, 0) is 0 Å². The van der Waals surface area contributed by atoms with Crippen molar-refractivity contribution in [2.75, 3.05) is 19.6 Å².